The summed E-state index contributed by atoms with van der Waals surface area (Å²) in [5, 5.41) is 0. The molecule has 0 aliphatic rings. The Morgan fingerprint density at radius 2 is 2.05 bits per heavy atom. The van der Waals surface area contributed by atoms with Crippen LogP contribution in [0.1, 0.15) is 17.6 Å². The van der Waals surface area contributed by atoms with E-state index < -0.39 is 6.43 Å². The summed E-state index contributed by atoms with van der Waals surface area (Å²) in [6.07, 6.45) is -0.687. The van der Waals surface area contributed by atoms with Crippen LogP contribution in [0.3, 0.4) is 0 Å². The third kappa shape index (κ3) is 2.40. The van der Waals surface area contributed by atoms with Crippen molar-refractivity contribution >= 4 is 27.4 Å². The number of hydrogen-bond acceptors (Lipinski definition) is 2. The zero-order valence-electron chi connectivity index (χ0n) is 11.1. The fourth-order valence-electron chi connectivity index (χ4n) is 2.21. The quantitative estimate of drug-likeness (QED) is 0.733. The number of nitrogen functional groups attached to an aromatic ring is 1. The number of pyridine rings is 1. The maximum absolute atomic E-state index is 12.8. The number of nitrogens with two attached hydrogens (primary N) is 1. The van der Waals surface area contributed by atoms with E-state index in [4.69, 9.17) is 5.73 Å². The summed E-state index contributed by atoms with van der Waals surface area (Å²) >= 11 is 3.44. The molecule has 3 rings (SSSR count). The van der Waals surface area contributed by atoms with Crippen LogP contribution < -0.4 is 5.73 Å². The first-order valence-corrected chi connectivity index (χ1v) is 7.09. The lowest BCUT2D eigenvalue weighted by Crippen LogP contribution is -1.95. The van der Waals surface area contributed by atoms with E-state index in [0.717, 1.165) is 10.0 Å². The SMILES string of the molecule is Cc1cc2nc(-c3cccc(C(F)F)c3)c(N)n2cc1Br. The average Bonchev–Trinajstić information content (AvgIpc) is 2.77. The number of halogens is 3. The topological polar surface area (TPSA) is 43.3 Å². The molecule has 3 nitrogen and oxygen atoms in total. The molecule has 0 aliphatic heterocycles. The number of fused-ring (bicyclic) bond motifs is 1. The zero-order valence-corrected chi connectivity index (χ0v) is 12.7. The van der Waals surface area contributed by atoms with Gasteiger partial charge in [0.1, 0.15) is 17.2 Å². The molecular weight excluding hydrogens is 340 g/mol. The normalized spacial score (nSPS) is 11.5. The first-order chi connectivity index (χ1) is 9.97. The van der Waals surface area contributed by atoms with Gasteiger partial charge in [-0.2, -0.15) is 0 Å². The smallest absolute Gasteiger partial charge is 0.263 e. The van der Waals surface area contributed by atoms with Crippen LogP contribution in [0.4, 0.5) is 14.6 Å². The molecule has 2 N–H and O–H groups in total. The molecule has 108 valence electrons. The van der Waals surface area contributed by atoms with Crippen molar-refractivity contribution in [2.45, 2.75) is 13.3 Å². The van der Waals surface area contributed by atoms with Gasteiger partial charge in [-0.1, -0.05) is 18.2 Å². The van der Waals surface area contributed by atoms with Gasteiger partial charge in [0.25, 0.3) is 6.43 Å². The molecule has 0 saturated heterocycles. The molecule has 0 spiro atoms. The standard InChI is InChI=1S/C15H12BrF2N3/c1-8-5-12-20-13(15(19)21(12)7-11(8)16)9-3-2-4-10(6-9)14(17)18/h2-7,14H,19H2,1H3. The summed E-state index contributed by atoms with van der Waals surface area (Å²) in [6, 6.07) is 8.01. The van der Waals surface area contributed by atoms with Gasteiger partial charge in [-0.05, 0) is 40.5 Å². The molecule has 0 amide bonds. The van der Waals surface area contributed by atoms with E-state index >= 15 is 0 Å². The maximum Gasteiger partial charge on any atom is 0.263 e. The lowest BCUT2D eigenvalue weighted by Gasteiger charge is -2.03. The Bertz CT molecular complexity index is 827. The summed E-state index contributed by atoms with van der Waals surface area (Å²) in [5.74, 6) is 0.428. The number of hydrogen-bond donors (Lipinski definition) is 1. The lowest BCUT2D eigenvalue weighted by atomic mass is 10.1. The summed E-state index contributed by atoms with van der Waals surface area (Å²) < 4.78 is 28.3. The van der Waals surface area contributed by atoms with E-state index in [1.807, 2.05) is 19.2 Å². The van der Waals surface area contributed by atoms with E-state index in [0.29, 0.717) is 22.7 Å². The van der Waals surface area contributed by atoms with Gasteiger partial charge >= 0.3 is 0 Å². The summed E-state index contributed by atoms with van der Waals surface area (Å²) in [6.45, 7) is 1.95. The summed E-state index contributed by atoms with van der Waals surface area (Å²) in [4.78, 5) is 4.46. The maximum atomic E-state index is 12.8. The van der Waals surface area contributed by atoms with Crippen molar-refractivity contribution in [2.75, 3.05) is 5.73 Å². The minimum Gasteiger partial charge on any atom is -0.383 e. The fourth-order valence-corrected chi connectivity index (χ4v) is 2.53. The number of rotatable bonds is 2. The second kappa shape index (κ2) is 5.11. The molecular formula is C15H12BrF2N3. The summed E-state index contributed by atoms with van der Waals surface area (Å²) in [7, 11) is 0. The Morgan fingerprint density at radius 1 is 1.29 bits per heavy atom. The number of aromatic nitrogens is 2. The molecule has 3 aromatic rings. The number of aryl methyl sites for hydroxylation is 1. The van der Waals surface area contributed by atoms with E-state index in [1.165, 1.54) is 12.1 Å². The molecule has 0 atom stereocenters. The van der Waals surface area contributed by atoms with Gasteiger partial charge in [-0.25, -0.2) is 13.8 Å². The minimum atomic E-state index is -2.51. The molecule has 6 heteroatoms. The third-order valence-corrected chi connectivity index (χ3v) is 4.18. The minimum absolute atomic E-state index is 0.0404. The average molecular weight is 352 g/mol. The van der Waals surface area contributed by atoms with E-state index in [1.54, 1.807) is 16.5 Å². The van der Waals surface area contributed by atoms with Gasteiger partial charge in [0.05, 0.1) is 0 Å². The molecule has 0 fully saturated rings. The highest BCUT2D eigenvalue weighted by atomic mass is 79.9. The molecule has 0 unspecified atom stereocenters. The van der Waals surface area contributed by atoms with E-state index in [2.05, 4.69) is 20.9 Å². The number of anilines is 1. The van der Waals surface area contributed by atoms with E-state index in [9.17, 15) is 8.78 Å². The molecule has 21 heavy (non-hydrogen) atoms. The van der Waals surface area contributed by atoms with Crippen molar-refractivity contribution in [3.05, 3.63) is 52.1 Å². The van der Waals surface area contributed by atoms with Crippen molar-refractivity contribution in [3.8, 4) is 11.3 Å². The molecule has 0 bridgehead atoms. The van der Waals surface area contributed by atoms with Crippen LogP contribution in [0.2, 0.25) is 0 Å². The molecule has 2 aromatic heterocycles. The zero-order chi connectivity index (χ0) is 15.1. The van der Waals surface area contributed by atoms with Crippen LogP contribution in [0.25, 0.3) is 16.9 Å². The highest BCUT2D eigenvalue weighted by Crippen LogP contribution is 2.31. The first-order valence-electron chi connectivity index (χ1n) is 6.29. The number of alkyl halides is 2. The van der Waals surface area contributed by atoms with Crippen molar-refractivity contribution in [2.24, 2.45) is 0 Å². The number of benzene rings is 1. The van der Waals surface area contributed by atoms with Gasteiger partial charge in [0.15, 0.2) is 0 Å². The van der Waals surface area contributed by atoms with Gasteiger partial charge in [0.2, 0.25) is 0 Å². The highest BCUT2D eigenvalue weighted by Gasteiger charge is 2.14. The van der Waals surface area contributed by atoms with Crippen molar-refractivity contribution in [1.29, 1.82) is 0 Å². The largest absolute Gasteiger partial charge is 0.383 e. The second-order valence-corrected chi connectivity index (χ2v) is 5.66. The molecule has 1 aromatic carbocycles. The van der Waals surface area contributed by atoms with Crippen molar-refractivity contribution in [1.82, 2.24) is 9.38 Å². The summed E-state index contributed by atoms with van der Waals surface area (Å²) in [5.41, 5.74) is 8.88. The Labute approximate surface area is 128 Å². The van der Waals surface area contributed by atoms with Crippen LogP contribution in [-0.2, 0) is 0 Å². The van der Waals surface area contributed by atoms with Crippen LogP contribution in [0.5, 0.6) is 0 Å². The Kier molecular flexibility index (Phi) is 3.41. The first kappa shape index (κ1) is 14.0. The van der Waals surface area contributed by atoms with Gasteiger partial charge < -0.3 is 5.73 Å². The Balaban J connectivity index is 2.21. The van der Waals surface area contributed by atoms with E-state index in [-0.39, 0.29) is 5.56 Å². The number of nitrogens with zero attached hydrogens (tertiary/aromatic N) is 2. The van der Waals surface area contributed by atoms with Gasteiger partial charge in [-0.15, -0.1) is 0 Å². The van der Waals surface area contributed by atoms with Crippen LogP contribution in [0, 0.1) is 6.92 Å². The fraction of sp³-hybridized carbons (Fsp3) is 0.133. The molecule has 0 radical (unpaired) electrons. The molecule has 0 saturated carbocycles. The van der Waals surface area contributed by atoms with Crippen LogP contribution >= 0.6 is 15.9 Å². The number of imidazole rings is 1. The lowest BCUT2D eigenvalue weighted by molar-refractivity contribution is 0.151. The third-order valence-electron chi connectivity index (χ3n) is 3.35. The van der Waals surface area contributed by atoms with Crippen molar-refractivity contribution in [3.63, 3.8) is 0 Å². The highest BCUT2D eigenvalue weighted by molar-refractivity contribution is 9.10. The Hall–Kier alpha value is -1.95. The van der Waals surface area contributed by atoms with Crippen LogP contribution in [0.15, 0.2) is 41.0 Å². The Morgan fingerprint density at radius 3 is 2.76 bits per heavy atom. The second-order valence-electron chi connectivity index (χ2n) is 4.80. The predicted octanol–water partition coefficient (Wildman–Crippen LogP) is 4.59. The predicted molar refractivity (Wildman–Crippen MR) is 82.4 cm³/mol. The van der Waals surface area contributed by atoms with Crippen LogP contribution in [-0.4, -0.2) is 9.38 Å². The van der Waals surface area contributed by atoms with Gasteiger partial charge in [0, 0.05) is 21.8 Å². The molecule has 2 heterocycles. The van der Waals surface area contributed by atoms with Crippen molar-refractivity contribution < 1.29 is 8.78 Å². The monoisotopic (exact) mass is 351 g/mol. The van der Waals surface area contributed by atoms with Gasteiger partial charge in [-0.3, -0.25) is 4.40 Å². The molecule has 0 aliphatic carbocycles.